The van der Waals surface area contributed by atoms with E-state index < -0.39 is 0 Å². The second-order valence-electron chi connectivity index (χ2n) is 6.72. The summed E-state index contributed by atoms with van der Waals surface area (Å²) in [6.45, 7) is 8.71. The molecule has 4 heteroatoms. The molecule has 0 aliphatic carbocycles. The second-order valence-corrected chi connectivity index (χ2v) is 6.72. The Morgan fingerprint density at radius 1 is 1.45 bits per heavy atom. The molecule has 2 atom stereocenters. The minimum Gasteiger partial charge on any atom is -0.483 e. The van der Waals surface area contributed by atoms with E-state index in [1.165, 1.54) is 5.56 Å². The van der Waals surface area contributed by atoms with Gasteiger partial charge in [-0.1, -0.05) is 39.0 Å². The topological polar surface area (TPSA) is 55.6 Å². The fourth-order valence-electron chi connectivity index (χ4n) is 2.87. The smallest absolute Gasteiger partial charge is 0.260 e. The first-order valence-electron chi connectivity index (χ1n) is 8.18. The number of carbonyl (C=O) groups is 1. The van der Waals surface area contributed by atoms with Crippen molar-refractivity contribution in [3.8, 4) is 5.75 Å². The van der Waals surface area contributed by atoms with Gasteiger partial charge in [0.05, 0.1) is 0 Å². The molecule has 0 bridgehead atoms. The minimum absolute atomic E-state index is 0.0520. The van der Waals surface area contributed by atoms with Gasteiger partial charge >= 0.3 is 0 Å². The van der Waals surface area contributed by atoms with E-state index in [1.54, 1.807) is 0 Å². The zero-order valence-corrected chi connectivity index (χ0v) is 14.0. The van der Waals surface area contributed by atoms with Crippen LogP contribution in [0.3, 0.4) is 0 Å². The van der Waals surface area contributed by atoms with Gasteiger partial charge in [-0.3, -0.25) is 4.79 Å². The molecule has 2 unspecified atom stereocenters. The monoisotopic (exact) mass is 304 g/mol. The van der Waals surface area contributed by atoms with Gasteiger partial charge in [-0.2, -0.15) is 0 Å². The lowest BCUT2D eigenvalue weighted by molar-refractivity contribution is -0.132. The predicted molar refractivity (Wildman–Crippen MR) is 89.0 cm³/mol. The van der Waals surface area contributed by atoms with E-state index in [0.717, 1.165) is 31.7 Å². The number of benzene rings is 1. The van der Waals surface area contributed by atoms with Crippen molar-refractivity contribution >= 4 is 5.91 Å². The molecule has 22 heavy (non-hydrogen) atoms. The minimum atomic E-state index is 0.0520. The van der Waals surface area contributed by atoms with Gasteiger partial charge in [0.25, 0.3) is 5.91 Å². The molecule has 1 aliphatic rings. The molecule has 1 fully saturated rings. The summed E-state index contributed by atoms with van der Waals surface area (Å²) in [4.78, 5) is 14.2. The van der Waals surface area contributed by atoms with Crippen LogP contribution in [0.2, 0.25) is 0 Å². The summed E-state index contributed by atoms with van der Waals surface area (Å²) in [5.74, 6) is 1.31. The van der Waals surface area contributed by atoms with Gasteiger partial charge in [-0.05, 0) is 42.3 Å². The maximum absolute atomic E-state index is 12.3. The highest BCUT2D eigenvalue weighted by molar-refractivity contribution is 5.78. The van der Waals surface area contributed by atoms with E-state index in [-0.39, 0.29) is 17.9 Å². The first-order valence-corrected chi connectivity index (χ1v) is 8.18. The van der Waals surface area contributed by atoms with Crippen LogP contribution in [-0.4, -0.2) is 37.0 Å². The van der Waals surface area contributed by atoms with Crippen molar-refractivity contribution in [3.63, 3.8) is 0 Å². The Kier molecular flexibility index (Phi) is 5.46. The van der Waals surface area contributed by atoms with Crippen molar-refractivity contribution in [2.24, 2.45) is 11.1 Å². The third-order valence-corrected chi connectivity index (χ3v) is 4.82. The molecule has 1 aliphatic heterocycles. The summed E-state index contributed by atoms with van der Waals surface area (Å²) < 4.78 is 5.81. The maximum Gasteiger partial charge on any atom is 0.260 e. The zero-order valence-electron chi connectivity index (χ0n) is 14.0. The lowest BCUT2D eigenvalue weighted by atomic mass is 9.90. The van der Waals surface area contributed by atoms with Crippen LogP contribution in [-0.2, 0) is 4.79 Å². The quantitative estimate of drug-likeness (QED) is 0.879. The molecule has 4 nitrogen and oxygen atoms in total. The highest BCUT2D eigenvalue weighted by Gasteiger charge is 2.34. The largest absolute Gasteiger partial charge is 0.483 e. The van der Waals surface area contributed by atoms with Crippen LogP contribution in [0.5, 0.6) is 5.75 Å². The average Bonchev–Trinajstić information content (AvgIpc) is 2.95. The predicted octanol–water partition coefficient (Wildman–Crippen LogP) is 2.78. The molecule has 2 N–H and O–H groups in total. The van der Waals surface area contributed by atoms with Crippen molar-refractivity contribution in [1.82, 2.24) is 4.90 Å². The van der Waals surface area contributed by atoms with Crippen molar-refractivity contribution < 1.29 is 9.53 Å². The molecule has 1 aromatic carbocycles. The van der Waals surface area contributed by atoms with Crippen LogP contribution in [0.15, 0.2) is 24.3 Å². The van der Waals surface area contributed by atoms with Gasteiger partial charge in [0, 0.05) is 13.1 Å². The van der Waals surface area contributed by atoms with Gasteiger partial charge < -0.3 is 15.4 Å². The number of carbonyl (C=O) groups excluding carboxylic acids is 1. The first-order chi connectivity index (χ1) is 10.5. The standard InChI is InChI=1S/C18H28N2O2/c1-4-14(2)15-7-5-6-8-16(15)22-11-17(21)20-10-9-18(3,12-19)13-20/h5-8,14H,4,9-13,19H2,1-3H3. The molecule has 2 rings (SSSR count). The third-order valence-electron chi connectivity index (χ3n) is 4.82. The van der Waals surface area contributed by atoms with Crippen LogP contribution >= 0.6 is 0 Å². The van der Waals surface area contributed by atoms with Crippen molar-refractivity contribution in [1.29, 1.82) is 0 Å². The fourth-order valence-corrected chi connectivity index (χ4v) is 2.87. The van der Waals surface area contributed by atoms with E-state index in [2.05, 4.69) is 26.8 Å². The number of hydrogen-bond acceptors (Lipinski definition) is 3. The number of rotatable bonds is 6. The summed E-state index contributed by atoms with van der Waals surface area (Å²) >= 11 is 0. The summed E-state index contributed by atoms with van der Waals surface area (Å²) in [6, 6.07) is 7.99. The van der Waals surface area contributed by atoms with Crippen LogP contribution < -0.4 is 10.5 Å². The fraction of sp³-hybridized carbons (Fsp3) is 0.611. The summed E-state index contributed by atoms with van der Waals surface area (Å²) in [7, 11) is 0. The molecule has 1 heterocycles. The van der Waals surface area contributed by atoms with Gasteiger partial charge in [-0.15, -0.1) is 0 Å². The van der Waals surface area contributed by atoms with E-state index in [9.17, 15) is 4.79 Å². The molecule has 122 valence electrons. The Hall–Kier alpha value is -1.55. The van der Waals surface area contributed by atoms with E-state index in [4.69, 9.17) is 10.5 Å². The summed E-state index contributed by atoms with van der Waals surface area (Å²) in [6.07, 6.45) is 2.02. The molecular formula is C18H28N2O2. The molecule has 1 aromatic rings. The van der Waals surface area contributed by atoms with Crippen LogP contribution in [0, 0.1) is 5.41 Å². The maximum atomic E-state index is 12.3. The highest BCUT2D eigenvalue weighted by Crippen LogP contribution is 2.30. The number of amides is 1. The second kappa shape index (κ2) is 7.14. The lowest BCUT2D eigenvalue weighted by Crippen LogP contribution is -2.37. The SMILES string of the molecule is CCC(C)c1ccccc1OCC(=O)N1CCC(C)(CN)C1. The Labute approximate surface area is 133 Å². The first kappa shape index (κ1) is 16.8. The molecule has 0 radical (unpaired) electrons. The molecule has 0 spiro atoms. The number of ether oxygens (including phenoxy) is 1. The average molecular weight is 304 g/mol. The normalized spacial score (nSPS) is 22.6. The Morgan fingerprint density at radius 3 is 2.82 bits per heavy atom. The van der Waals surface area contributed by atoms with Gasteiger partial charge in [0.15, 0.2) is 6.61 Å². The lowest BCUT2D eigenvalue weighted by Gasteiger charge is -2.23. The Balaban J connectivity index is 1.95. The molecule has 0 aromatic heterocycles. The highest BCUT2D eigenvalue weighted by atomic mass is 16.5. The van der Waals surface area contributed by atoms with Gasteiger partial charge in [0.2, 0.25) is 0 Å². The van der Waals surface area contributed by atoms with Crippen molar-refractivity contribution in [2.45, 2.75) is 39.5 Å². The number of hydrogen-bond donors (Lipinski definition) is 1. The number of para-hydroxylation sites is 1. The van der Waals surface area contributed by atoms with Crippen molar-refractivity contribution in [2.75, 3.05) is 26.2 Å². The van der Waals surface area contributed by atoms with E-state index in [0.29, 0.717) is 12.5 Å². The Morgan fingerprint density at radius 2 is 2.18 bits per heavy atom. The molecule has 1 amide bonds. The molecular weight excluding hydrogens is 276 g/mol. The van der Waals surface area contributed by atoms with Crippen molar-refractivity contribution in [3.05, 3.63) is 29.8 Å². The third kappa shape index (κ3) is 3.80. The number of likely N-dealkylation sites (tertiary alicyclic amines) is 1. The molecule has 0 saturated carbocycles. The van der Waals surface area contributed by atoms with Crippen LogP contribution in [0.1, 0.15) is 45.1 Å². The van der Waals surface area contributed by atoms with E-state index in [1.807, 2.05) is 23.1 Å². The van der Waals surface area contributed by atoms with Crippen LogP contribution in [0.25, 0.3) is 0 Å². The van der Waals surface area contributed by atoms with Gasteiger partial charge in [-0.25, -0.2) is 0 Å². The van der Waals surface area contributed by atoms with Gasteiger partial charge in [0.1, 0.15) is 5.75 Å². The zero-order chi connectivity index (χ0) is 16.2. The number of nitrogens with zero attached hydrogens (tertiary/aromatic N) is 1. The van der Waals surface area contributed by atoms with Crippen LogP contribution in [0.4, 0.5) is 0 Å². The van der Waals surface area contributed by atoms with E-state index >= 15 is 0 Å². The molecule has 1 saturated heterocycles. The Bertz CT molecular complexity index is 518. The summed E-state index contributed by atoms with van der Waals surface area (Å²) in [5, 5.41) is 0. The summed E-state index contributed by atoms with van der Waals surface area (Å²) in [5.41, 5.74) is 7.03. The number of nitrogens with two attached hydrogens (primary N) is 1.